The van der Waals surface area contributed by atoms with E-state index in [1.807, 2.05) is 0 Å². The maximum atomic E-state index is 11.5. The van der Waals surface area contributed by atoms with Crippen molar-refractivity contribution in [3.63, 3.8) is 0 Å². The number of unbranched alkanes of at least 4 members (excludes halogenated alkanes) is 25. The van der Waals surface area contributed by atoms with Crippen molar-refractivity contribution in [3.8, 4) is 0 Å². The SMILES string of the molecule is O=C1C=CC(=O)N1CCCCCCCCCCCCCCCCCCCCCCCCCCCC[S]. The largest absolute Gasteiger partial charge is 0.275 e. The third kappa shape index (κ3) is 20.3. The van der Waals surface area contributed by atoms with E-state index >= 15 is 0 Å². The van der Waals surface area contributed by atoms with Crippen LogP contribution in [0.25, 0.3) is 0 Å². The van der Waals surface area contributed by atoms with Crippen LogP contribution in [0.2, 0.25) is 0 Å². The Morgan fingerprint density at radius 3 is 0.861 bits per heavy atom. The summed E-state index contributed by atoms with van der Waals surface area (Å²) < 4.78 is 0. The number of carbonyl (C=O) groups excluding carboxylic acids is 2. The second-order valence-corrected chi connectivity index (χ2v) is 11.5. The van der Waals surface area contributed by atoms with Crippen molar-refractivity contribution in [1.82, 2.24) is 4.90 Å². The summed E-state index contributed by atoms with van der Waals surface area (Å²) in [5.41, 5.74) is 0. The van der Waals surface area contributed by atoms with E-state index in [-0.39, 0.29) is 11.8 Å². The second kappa shape index (κ2) is 25.9. The molecule has 0 aromatic heterocycles. The van der Waals surface area contributed by atoms with Gasteiger partial charge < -0.3 is 0 Å². The van der Waals surface area contributed by atoms with Gasteiger partial charge >= 0.3 is 0 Å². The van der Waals surface area contributed by atoms with Crippen molar-refractivity contribution in [3.05, 3.63) is 12.2 Å². The number of carbonyl (C=O) groups is 2. The molecule has 1 radical (unpaired) electrons. The van der Waals surface area contributed by atoms with Crippen LogP contribution in [-0.4, -0.2) is 29.0 Å². The van der Waals surface area contributed by atoms with Crippen LogP contribution < -0.4 is 0 Å². The lowest BCUT2D eigenvalue weighted by atomic mass is 10.0. The predicted molar refractivity (Wildman–Crippen MR) is 158 cm³/mol. The number of rotatable bonds is 28. The Hall–Kier alpha value is -0.770. The third-order valence-corrected chi connectivity index (χ3v) is 7.97. The van der Waals surface area contributed by atoms with Gasteiger partial charge in [0.05, 0.1) is 0 Å². The summed E-state index contributed by atoms with van der Waals surface area (Å²) in [6, 6.07) is 0. The van der Waals surface area contributed by atoms with Gasteiger partial charge in [-0.05, 0) is 12.8 Å². The first-order valence-corrected chi connectivity index (χ1v) is 16.4. The summed E-state index contributed by atoms with van der Waals surface area (Å²) in [5.74, 6) is 0.654. The molecular weight excluding hydrogens is 462 g/mol. The molecule has 1 rings (SSSR count). The van der Waals surface area contributed by atoms with Crippen LogP contribution in [0, 0.1) is 0 Å². The summed E-state index contributed by atoms with van der Waals surface area (Å²) in [6.07, 6.45) is 38.4. The zero-order chi connectivity index (χ0) is 25.9. The van der Waals surface area contributed by atoms with Crippen molar-refractivity contribution < 1.29 is 9.59 Å². The van der Waals surface area contributed by atoms with Gasteiger partial charge in [-0.3, -0.25) is 14.5 Å². The zero-order valence-electron chi connectivity index (χ0n) is 23.6. The molecule has 36 heavy (non-hydrogen) atoms. The lowest BCUT2D eigenvalue weighted by molar-refractivity contribution is -0.136. The van der Waals surface area contributed by atoms with E-state index in [0.717, 1.165) is 18.6 Å². The molecule has 4 heteroatoms. The fraction of sp³-hybridized carbons (Fsp3) is 0.875. The minimum atomic E-state index is -0.145. The van der Waals surface area contributed by atoms with Gasteiger partial charge in [-0.25, -0.2) is 0 Å². The van der Waals surface area contributed by atoms with Crippen molar-refractivity contribution in [2.75, 3.05) is 12.3 Å². The third-order valence-electron chi connectivity index (χ3n) is 7.68. The van der Waals surface area contributed by atoms with E-state index in [4.69, 9.17) is 12.6 Å². The van der Waals surface area contributed by atoms with E-state index in [1.54, 1.807) is 0 Å². The van der Waals surface area contributed by atoms with Gasteiger partial charge in [0.1, 0.15) is 0 Å². The monoisotopic (exact) mass is 520 g/mol. The molecule has 0 aromatic carbocycles. The van der Waals surface area contributed by atoms with Crippen molar-refractivity contribution in [2.45, 2.75) is 167 Å². The van der Waals surface area contributed by atoms with E-state index < -0.39 is 0 Å². The molecule has 3 nitrogen and oxygen atoms in total. The standard InChI is InChI=1S/C32H58NO2S/c34-31-27-28-32(35)33(31)29-25-23-21-19-17-15-13-11-9-7-5-3-1-2-4-6-8-10-12-14-16-18-20-22-24-26-30-36/h27-28H,1-26,29-30H2. The van der Waals surface area contributed by atoms with Gasteiger partial charge in [0, 0.05) is 24.4 Å². The number of amides is 2. The lowest BCUT2D eigenvalue weighted by Gasteiger charge is -2.12. The summed E-state index contributed by atoms with van der Waals surface area (Å²) >= 11 is 4.99. The van der Waals surface area contributed by atoms with E-state index in [9.17, 15) is 9.59 Å². The number of nitrogens with zero attached hydrogens (tertiary/aromatic N) is 1. The van der Waals surface area contributed by atoms with Crippen LogP contribution in [-0.2, 0) is 9.59 Å². The van der Waals surface area contributed by atoms with Crippen LogP contribution in [0.1, 0.15) is 167 Å². The molecule has 1 aliphatic heterocycles. The van der Waals surface area contributed by atoms with Crippen molar-refractivity contribution in [1.29, 1.82) is 0 Å². The Bertz CT molecular complexity index is 530. The quantitative estimate of drug-likeness (QED) is 0.0760. The highest BCUT2D eigenvalue weighted by molar-refractivity contribution is 7.80. The summed E-state index contributed by atoms with van der Waals surface area (Å²) in [7, 11) is 0. The Balaban J connectivity index is 1.65. The lowest BCUT2D eigenvalue weighted by Crippen LogP contribution is -2.30. The Kier molecular flexibility index (Phi) is 23.9. The summed E-state index contributed by atoms with van der Waals surface area (Å²) in [4.78, 5) is 24.3. The second-order valence-electron chi connectivity index (χ2n) is 11.1. The molecule has 0 atom stereocenters. The van der Waals surface area contributed by atoms with Crippen LogP contribution in [0.15, 0.2) is 12.2 Å². The fourth-order valence-corrected chi connectivity index (χ4v) is 5.47. The number of hydrogen-bond acceptors (Lipinski definition) is 2. The highest BCUT2D eigenvalue weighted by Gasteiger charge is 2.21. The number of imide groups is 1. The fourth-order valence-electron chi connectivity index (χ4n) is 5.27. The van der Waals surface area contributed by atoms with Crippen LogP contribution in [0.5, 0.6) is 0 Å². The van der Waals surface area contributed by atoms with Crippen LogP contribution in [0.3, 0.4) is 0 Å². The molecule has 0 aliphatic carbocycles. The van der Waals surface area contributed by atoms with Crippen LogP contribution >= 0.6 is 12.6 Å². The zero-order valence-corrected chi connectivity index (χ0v) is 24.4. The molecule has 0 saturated carbocycles. The van der Waals surface area contributed by atoms with E-state index in [1.165, 1.54) is 171 Å². The van der Waals surface area contributed by atoms with Gasteiger partial charge in [-0.1, -0.05) is 167 Å². The van der Waals surface area contributed by atoms with Gasteiger partial charge in [0.15, 0.2) is 0 Å². The van der Waals surface area contributed by atoms with E-state index in [2.05, 4.69) is 0 Å². The molecule has 209 valence electrons. The molecule has 0 fully saturated rings. The molecular formula is C32H58NO2S. The topological polar surface area (TPSA) is 37.4 Å². The molecule has 0 aromatic rings. The molecule has 1 heterocycles. The Labute approximate surface area is 230 Å². The minimum Gasteiger partial charge on any atom is -0.275 e. The maximum absolute atomic E-state index is 11.5. The molecule has 0 saturated heterocycles. The average Bonchev–Trinajstić information content (AvgIpc) is 3.20. The van der Waals surface area contributed by atoms with Crippen molar-refractivity contribution in [2.24, 2.45) is 0 Å². The van der Waals surface area contributed by atoms with Crippen molar-refractivity contribution >= 4 is 24.4 Å². The summed E-state index contributed by atoms with van der Waals surface area (Å²) in [6.45, 7) is 0.585. The van der Waals surface area contributed by atoms with Crippen LogP contribution in [0.4, 0.5) is 0 Å². The Morgan fingerprint density at radius 1 is 0.389 bits per heavy atom. The molecule has 2 amide bonds. The highest BCUT2D eigenvalue weighted by atomic mass is 32.1. The smallest absolute Gasteiger partial charge is 0.253 e. The summed E-state index contributed by atoms with van der Waals surface area (Å²) in [5, 5.41) is 0. The number of hydrogen-bond donors (Lipinski definition) is 0. The first-order valence-electron chi connectivity index (χ1n) is 15.9. The molecule has 0 unspecified atom stereocenters. The molecule has 1 aliphatic rings. The first-order chi connectivity index (χ1) is 17.8. The Morgan fingerprint density at radius 2 is 0.611 bits per heavy atom. The van der Waals surface area contributed by atoms with Gasteiger partial charge in [0.2, 0.25) is 0 Å². The molecule has 0 spiro atoms. The highest BCUT2D eigenvalue weighted by Crippen LogP contribution is 2.16. The van der Waals surface area contributed by atoms with Gasteiger partial charge in [-0.15, -0.1) is 0 Å². The molecule has 0 bridgehead atoms. The van der Waals surface area contributed by atoms with Gasteiger partial charge in [0.25, 0.3) is 11.8 Å². The minimum absolute atomic E-state index is 0.145. The normalized spacial score (nSPS) is 13.4. The van der Waals surface area contributed by atoms with Gasteiger partial charge in [-0.2, -0.15) is 0 Å². The average molecular weight is 521 g/mol. The first kappa shape index (κ1) is 33.3. The maximum Gasteiger partial charge on any atom is 0.253 e. The molecule has 0 N–H and O–H groups in total. The predicted octanol–water partition coefficient (Wildman–Crippen LogP) is 10.3. The van der Waals surface area contributed by atoms with E-state index in [0.29, 0.717) is 6.54 Å².